The summed E-state index contributed by atoms with van der Waals surface area (Å²) in [5.74, 6) is -0.859. The number of phenols is 1. The summed E-state index contributed by atoms with van der Waals surface area (Å²) >= 11 is 0. The molecule has 0 saturated carbocycles. The highest BCUT2D eigenvalue weighted by atomic mass is 16.3. The van der Waals surface area contributed by atoms with Crippen LogP contribution in [0.3, 0.4) is 0 Å². The van der Waals surface area contributed by atoms with Crippen molar-refractivity contribution in [2.24, 2.45) is 17.4 Å². The van der Waals surface area contributed by atoms with Gasteiger partial charge in [-0.05, 0) is 41.2 Å². The molecule has 3 aromatic carbocycles. The fraction of sp³-hybridized carbons (Fsp3) is 0.240. The number of carbonyl (C=O) groups excluding carboxylic acids is 1. The molecule has 6 N–H and O–H groups in total. The number of hydrogen-bond donors (Lipinski definition) is 4. The number of hydrogen-bond acceptors (Lipinski definition) is 4. The van der Waals surface area contributed by atoms with Crippen LogP contribution in [0.25, 0.3) is 0 Å². The van der Waals surface area contributed by atoms with Gasteiger partial charge >= 0.3 is 0 Å². The molecule has 3 atom stereocenters. The molecule has 156 valence electrons. The van der Waals surface area contributed by atoms with Gasteiger partial charge in [0.05, 0.1) is 11.7 Å². The van der Waals surface area contributed by atoms with E-state index in [-0.39, 0.29) is 23.1 Å². The average Bonchev–Trinajstić information content (AvgIpc) is 2.77. The zero-order valence-electron chi connectivity index (χ0n) is 17.0. The van der Waals surface area contributed by atoms with Crippen molar-refractivity contribution >= 4 is 5.91 Å². The second kappa shape index (κ2) is 9.57. The van der Waals surface area contributed by atoms with Gasteiger partial charge in [0, 0.05) is 12.0 Å². The molecular formula is C25H28N2O3. The third-order valence-corrected chi connectivity index (χ3v) is 5.66. The molecule has 0 radical (unpaired) electrons. The number of rotatable bonds is 8. The highest BCUT2D eigenvalue weighted by Crippen LogP contribution is 2.34. The summed E-state index contributed by atoms with van der Waals surface area (Å²) in [6, 6.07) is 24.2. The number of amides is 1. The van der Waals surface area contributed by atoms with Crippen molar-refractivity contribution in [2.45, 2.75) is 31.4 Å². The predicted octanol–water partition coefficient (Wildman–Crippen LogP) is 3.71. The van der Waals surface area contributed by atoms with Crippen molar-refractivity contribution in [3.8, 4) is 5.75 Å². The van der Waals surface area contributed by atoms with Crippen LogP contribution in [0, 0.1) is 5.92 Å². The molecule has 0 aliphatic heterocycles. The van der Waals surface area contributed by atoms with Crippen molar-refractivity contribution in [1.29, 1.82) is 0 Å². The third-order valence-electron chi connectivity index (χ3n) is 5.66. The van der Waals surface area contributed by atoms with E-state index in [1.165, 1.54) is 23.3 Å². The quantitative estimate of drug-likeness (QED) is 0.459. The van der Waals surface area contributed by atoms with Crippen LogP contribution in [0.5, 0.6) is 5.75 Å². The minimum Gasteiger partial charge on any atom is -0.507 e. The van der Waals surface area contributed by atoms with Gasteiger partial charge in [0.1, 0.15) is 5.75 Å². The maximum absolute atomic E-state index is 11.5. The van der Waals surface area contributed by atoms with Crippen LogP contribution >= 0.6 is 0 Å². The first-order chi connectivity index (χ1) is 14.4. The molecule has 3 rings (SSSR count). The number of benzene rings is 3. The van der Waals surface area contributed by atoms with Gasteiger partial charge in [-0.1, -0.05) is 73.7 Å². The molecule has 0 heterocycles. The van der Waals surface area contributed by atoms with Gasteiger partial charge in [-0.25, -0.2) is 0 Å². The van der Waals surface area contributed by atoms with Gasteiger partial charge in [-0.3, -0.25) is 4.79 Å². The molecule has 3 aromatic rings. The maximum Gasteiger partial charge on any atom is 0.252 e. The predicted molar refractivity (Wildman–Crippen MR) is 118 cm³/mol. The summed E-state index contributed by atoms with van der Waals surface area (Å²) in [4.78, 5) is 11.5. The first-order valence-corrected chi connectivity index (χ1v) is 10.0. The van der Waals surface area contributed by atoms with Crippen LogP contribution in [-0.4, -0.2) is 22.2 Å². The number of aromatic hydroxyl groups is 1. The van der Waals surface area contributed by atoms with Gasteiger partial charge < -0.3 is 21.7 Å². The maximum atomic E-state index is 11.5. The second-order valence-electron chi connectivity index (χ2n) is 7.75. The number of carbonyl (C=O) groups is 1. The molecule has 0 fully saturated rings. The minimum absolute atomic E-state index is 0.0298. The Bertz CT molecular complexity index is 937. The Labute approximate surface area is 177 Å². The van der Waals surface area contributed by atoms with E-state index in [9.17, 15) is 15.0 Å². The summed E-state index contributed by atoms with van der Waals surface area (Å²) in [5, 5.41) is 20.6. The lowest BCUT2D eigenvalue weighted by atomic mass is 9.80. The Balaban J connectivity index is 1.83. The molecule has 0 bridgehead atoms. The second-order valence-corrected chi connectivity index (χ2v) is 7.75. The Morgan fingerprint density at radius 3 is 1.93 bits per heavy atom. The normalized spacial score (nSPS) is 14.3. The fourth-order valence-corrected chi connectivity index (χ4v) is 3.83. The minimum atomic E-state index is -0.995. The van der Waals surface area contributed by atoms with E-state index >= 15 is 0 Å². The monoisotopic (exact) mass is 404 g/mol. The molecule has 1 amide bonds. The lowest BCUT2D eigenvalue weighted by Gasteiger charge is -2.29. The van der Waals surface area contributed by atoms with E-state index < -0.39 is 18.1 Å². The zero-order valence-corrected chi connectivity index (χ0v) is 17.0. The first kappa shape index (κ1) is 21.6. The van der Waals surface area contributed by atoms with Crippen LogP contribution in [0.2, 0.25) is 0 Å². The standard InChI is InChI=1S/C25H28N2O3/c1-16(23(26)24(29)19-12-13-22(28)21(15-19)25(27)30)14-20(17-8-4-2-5-9-17)18-10-6-3-7-11-18/h2-13,15-16,20,23-24,28-29H,14,26H2,1H3,(H2,27,30)/t16-,23?,24-/m1/s1. The fourth-order valence-electron chi connectivity index (χ4n) is 3.83. The first-order valence-electron chi connectivity index (χ1n) is 10.0. The molecule has 5 heteroatoms. The van der Waals surface area contributed by atoms with E-state index in [4.69, 9.17) is 11.5 Å². The van der Waals surface area contributed by atoms with E-state index in [1.807, 2.05) is 43.3 Å². The van der Waals surface area contributed by atoms with Crippen LogP contribution in [0.4, 0.5) is 0 Å². The Morgan fingerprint density at radius 2 is 1.43 bits per heavy atom. The molecule has 0 aromatic heterocycles. The van der Waals surface area contributed by atoms with Crippen molar-refractivity contribution in [1.82, 2.24) is 0 Å². The number of aliphatic hydroxyl groups is 1. The lowest BCUT2D eigenvalue weighted by Crippen LogP contribution is -2.36. The topological polar surface area (TPSA) is 110 Å². The number of primary amides is 1. The van der Waals surface area contributed by atoms with Crippen molar-refractivity contribution in [2.75, 3.05) is 0 Å². The van der Waals surface area contributed by atoms with Crippen molar-refractivity contribution in [3.63, 3.8) is 0 Å². The van der Waals surface area contributed by atoms with Crippen molar-refractivity contribution in [3.05, 3.63) is 101 Å². The molecule has 0 saturated heterocycles. The molecule has 5 nitrogen and oxygen atoms in total. The van der Waals surface area contributed by atoms with Gasteiger partial charge in [-0.15, -0.1) is 0 Å². The van der Waals surface area contributed by atoms with Crippen LogP contribution in [-0.2, 0) is 0 Å². The zero-order chi connectivity index (χ0) is 21.7. The number of aliphatic hydroxyl groups excluding tert-OH is 1. The molecular weight excluding hydrogens is 376 g/mol. The molecule has 1 unspecified atom stereocenters. The van der Waals surface area contributed by atoms with Crippen LogP contribution in [0.1, 0.15) is 52.4 Å². The molecule has 0 aliphatic carbocycles. The van der Waals surface area contributed by atoms with Gasteiger partial charge in [0.15, 0.2) is 0 Å². The van der Waals surface area contributed by atoms with Gasteiger partial charge in [0.2, 0.25) is 0 Å². The Kier molecular flexibility index (Phi) is 6.87. The highest BCUT2D eigenvalue weighted by molar-refractivity contribution is 5.95. The van der Waals surface area contributed by atoms with Crippen LogP contribution in [0.15, 0.2) is 78.9 Å². The number of nitrogens with two attached hydrogens (primary N) is 2. The summed E-state index contributed by atoms with van der Waals surface area (Å²) in [6.45, 7) is 2.02. The van der Waals surface area contributed by atoms with Crippen molar-refractivity contribution < 1.29 is 15.0 Å². The summed E-state index contributed by atoms with van der Waals surface area (Å²) in [7, 11) is 0. The average molecular weight is 405 g/mol. The van der Waals surface area contributed by atoms with Gasteiger partial charge in [-0.2, -0.15) is 0 Å². The summed E-state index contributed by atoms with van der Waals surface area (Å²) in [5.41, 5.74) is 14.5. The Hall–Kier alpha value is -3.15. The molecule has 0 aliphatic rings. The summed E-state index contributed by atoms with van der Waals surface area (Å²) < 4.78 is 0. The largest absolute Gasteiger partial charge is 0.507 e. The smallest absolute Gasteiger partial charge is 0.252 e. The molecule has 0 spiro atoms. The Morgan fingerprint density at radius 1 is 0.900 bits per heavy atom. The lowest BCUT2D eigenvalue weighted by molar-refractivity contribution is 0.0996. The SMILES string of the molecule is C[C@H](CC(c1ccccc1)c1ccccc1)C(N)[C@H](O)c1ccc(O)c(C(N)=O)c1. The molecule has 30 heavy (non-hydrogen) atoms. The summed E-state index contributed by atoms with van der Waals surface area (Å²) in [6.07, 6.45) is -0.251. The van der Waals surface area contributed by atoms with E-state index in [1.54, 1.807) is 6.07 Å². The van der Waals surface area contributed by atoms with E-state index in [2.05, 4.69) is 24.3 Å². The van der Waals surface area contributed by atoms with E-state index in [0.717, 1.165) is 6.42 Å². The van der Waals surface area contributed by atoms with E-state index in [0.29, 0.717) is 5.56 Å². The third kappa shape index (κ3) is 4.87. The van der Waals surface area contributed by atoms with Gasteiger partial charge in [0.25, 0.3) is 5.91 Å². The van der Waals surface area contributed by atoms with Crippen LogP contribution < -0.4 is 11.5 Å². The highest BCUT2D eigenvalue weighted by Gasteiger charge is 2.27.